The van der Waals surface area contributed by atoms with Gasteiger partial charge in [-0.2, -0.15) is 18.3 Å². The quantitative estimate of drug-likeness (QED) is 0.761. The Hall–Kier alpha value is -3.38. The molecule has 2 aromatic heterocycles. The number of nitrogens with zero attached hydrogens (tertiary/aromatic N) is 6. The van der Waals surface area contributed by atoms with Crippen molar-refractivity contribution in [2.75, 3.05) is 31.6 Å². The van der Waals surface area contributed by atoms with E-state index in [4.69, 9.17) is 14.6 Å². The van der Waals surface area contributed by atoms with Crippen molar-refractivity contribution >= 4 is 17.7 Å². The minimum Gasteiger partial charge on any atom is -0.481 e. The molecule has 1 saturated heterocycles. The second kappa shape index (κ2) is 9.18. The van der Waals surface area contributed by atoms with Gasteiger partial charge in [0.2, 0.25) is 11.8 Å². The van der Waals surface area contributed by atoms with Crippen LogP contribution in [0, 0.1) is 0 Å². The van der Waals surface area contributed by atoms with Crippen LogP contribution in [-0.2, 0) is 16.1 Å². The molecule has 4 rings (SSSR count). The molecule has 31 heavy (non-hydrogen) atoms. The smallest absolute Gasteiger partial charge is 0.481 e. The number of fused-ring (bicyclic) bond motifs is 1. The molecule has 1 fully saturated rings. The van der Waals surface area contributed by atoms with Crippen LogP contribution in [0.25, 0.3) is 0 Å². The third-order valence-electron chi connectivity index (χ3n) is 4.90. The molecule has 0 bridgehead atoms. The van der Waals surface area contributed by atoms with E-state index in [1.165, 1.54) is 6.33 Å². The van der Waals surface area contributed by atoms with Gasteiger partial charge in [0.1, 0.15) is 18.2 Å². The van der Waals surface area contributed by atoms with Crippen LogP contribution in [0.1, 0.15) is 24.6 Å². The van der Waals surface area contributed by atoms with Gasteiger partial charge in [0.05, 0.1) is 25.9 Å². The Kier molecular flexibility index (Phi) is 6.61. The number of aliphatic carboxylic acids is 1. The zero-order chi connectivity index (χ0) is 22.6. The number of methoxy groups -OCH3 is 1. The summed E-state index contributed by atoms with van der Waals surface area (Å²) in [4.78, 5) is 34.3. The zero-order valence-electron chi connectivity index (χ0n) is 16.6. The highest BCUT2D eigenvalue weighted by molar-refractivity contribution is 5.81. The summed E-state index contributed by atoms with van der Waals surface area (Å²) in [5, 5.41) is 11.5. The summed E-state index contributed by atoms with van der Waals surface area (Å²) in [5.41, 5.74) is 1.01. The van der Waals surface area contributed by atoms with Gasteiger partial charge in [-0.3, -0.25) is 9.48 Å². The molecule has 0 spiro atoms. The van der Waals surface area contributed by atoms with Gasteiger partial charge < -0.3 is 19.6 Å². The fraction of sp³-hybridized carbons (Fsp3) is 0.500. The molecular formula is C18H21F3N6O4. The van der Waals surface area contributed by atoms with Crippen LogP contribution >= 0.6 is 0 Å². The molecular weight excluding hydrogens is 421 g/mol. The molecule has 0 radical (unpaired) electrons. The van der Waals surface area contributed by atoms with E-state index in [-0.39, 0.29) is 11.9 Å². The number of ether oxygens (including phenoxy) is 1. The molecule has 10 nitrogen and oxygen atoms in total. The highest BCUT2D eigenvalue weighted by Crippen LogP contribution is 2.27. The number of likely N-dealkylation sites (tertiary alicyclic amines) is 1. The van der Waals surface area contributed by atoms with Crippen LogP contribution in [0.15, 0.2) is 24.7 Å². The summed E-state index contributed by atoms with van der Waals surface area (Å²) in [7, 11) is 1.58. The van der Waals surface area contributed by atoms with E-state index < -0.39 is 12.1 Å². The second-order valence-corrected chi connectivity index (χ2v) is 6.92. The zero-order valence-corrected chi connectivity index (χ0v) is 16.6. The Bertz CT molecular complexity index is 929. The number of aromatic nitrogens is 4. The van der Waals surface area contributed by atoms with Gasteiger partial charge in [0.25, 0.3) is 0 Å². The van der Waals surface area contributed by atoms with Crippen LogP contribution in [0.5, 0.6) is 5.88 Å². The summed E-state index contributed by atoms with van der Waals surface area (Å²) in [6.07, 6.45) is 0.315. The molecule has 0 saturated carbocycles. The number of alkyl halides is 3. The van der Waals surface area contributed by atoms with E-state index in [1.807, 2.05) is 15.6 Å². The van der Waals surface area contributed by atoms with Crippen molar-refractivity contribution in [2.45, 2.75) is 31.6 Å². The summed E-state index contributed by atoms with van der Waals surface area (Å²) in [6.45, 7) is 2.88. The van der Waals surface area contributed by atoms with E-state index in [1.54, 1.807) is 19.4 Å². The molecule has 0 aromatic carbocycles. The number of hydrogen-bond donors (Lipinski definition) is 1. The molecule has 1 amide bonds. The van der Waals surface area contributed by atoms with E-state index in [0.717, 1.165) is 37.4 Å². The summed E-state index contributed by atoms with van der Waals surface area (Å²) < 4.78 is 38.8. The number of carbonyl (C=O) groups excluding carboxylic acids is 1. The molecule has 1 N–H and O–H groups in total. The predicted octanol–water partition coefficient (Wildman–Crippen LogP) is 1.50. The number of carbonyl (C=O) groups is 2. The molecule has 1 unspecified atom stereocenters. The predicted molar refractivity (Wildman–Crippen MR) is 100 cm³/mol. The van der Waals surface area contributed by atoms with Crippen LogP contribution in [0.2, 0.25) is 0 Å². The minimum atomic E-state index is -5.08. The van der Waals surface area contributed by atoms with Gasteiger partial charge in [-0.05, 0) is 18.9 Å². The van der Waals surface area contributed by atoms with Crippen molar-refractivity contribution in [3.8, 4) is 5.88 Å². The first-order valence-electron chi connectivity index (χ1n) is 9.43. The SMILES string of the molecule is COc1cc(N2Cc3ccnn3C(C(=O)N3CCCC3)C2)ncn1.O=C(O)C(F)(F)F. The Morgan fingerprint density at radius 1 is 1.23 bits per heavy atom. The van der Waals surface area contributed by atoms with E-state index in [9.17, 15) is 18.0 Å². The van der Waals surface area contributed by atoms with Crippen LogP contribution in [-0.4, -0.2) is 74.6 Å². The van der Waals surface area contributed by atoms with Crippen LogP contribution < -0.4 is 9.64 Å². The normalized spacial score (nSPS) is 18.1. The number of amides is 1. The van der Waals surface area contributed by atoms with Gasteiger partial charge in [0, 0.05) is 25.4 Å². The monoisotopic (exact) mass is 442 g/mol. The van der Waals surface area contributed by atoms with Gasteiger partial charge in [-0.15, -0.1) is 0 Å². The first-order valence-corrected chi connectivity index (χ1v) is 9.43. The standard InChI is InChI=1S/C16H20N6O2.C2HF3O2/c1-24-15-8-14(17-11-18-15)21-9-12-4-5-19-22(12)13(10-21)16(23)20-6-2-3-7-20;3-2(4,5)1(6)7/h4-5,8,11,13H,2-3,6-7,9-10H2,1H3;(H,6,7). The summed E-state index contributed by atoms with van der Waals surface area (Å²) >= 11 is 0. The topological polar surface area (TPSA) is 114 Å². The molecule has 4 heterocycles. The Morgan fingerprint density at radius 2 is 1.90 bits per heavy atom. The van der Waals surface area contributed by atoms with Crippen molar-refractivity contribution in [1.29, 1.82) is 0 Å². The Labute approximate surface area is 175 Å². The van der Waals surface area contributed by atoms with Gasteiger partial charge >= 0.3 is 12.1 Å². The van der Waals surface area contributed by atoms with E-state index >= 15 is 0 Å². The van der Waals surface area contributed by atoms with Crippen molar-refractivity contribution in [3.63, 3.8) is 0 Å². The number of halogens is 3. The van der Waals surface area contributed by atoms with Crippen molar-refractivity contribution in [1.82, 2.24) is 24.6 Å². The first kappa shape index (κ1) is 22.3. The number of anilines is 1. The summed E-state index contributed by atoms with van der Waals surface area (Å²) in [6, 6.07) is 3.43. The highest BCUT2D eigenvalue weighted by atomic mass is 19.4. The maximum absolute atomic E-state index is 12.9. The molecule has 2 aliphatic heterocycles. The van der Waals surface area contributed by atoms with Crippen LogP contribution in [0.3, 0.4) is 0 Å². The van der Waals surface area contributed by atoms with Gasteiger partial charge in [0.15, 0.2) is 0 Å². The maximum atomic E-state index is 12.9. The maximum Gasteiger partial charge on any atom is 0.490 e. The molecule has 2 aliphatic rings. The van der Waals surface area contributed by atoms with E-state index in [2.05, 4.69) is 20.0 Å². The number of hydrogen-bond acceptors (Lipinski definition) is 7. The molecule has 2 aromatic rings. The lowest BCUT2D eigenvalue weighted by atomic mass is 10.1. The lowest BCUT2D eigenvalue weighted by molar-refractivity contribution is -0.192. The van der Waals surface area contributed by atoms with E-state index in [0.29, 0.717) is 19.0 Å². The third kappa shape index (κ3) is 5.22. The summed E-state index contributed by atoms with van der Waals surface area (Å²) in [5.74, 6) is -1.34. The lowest BCUT2D eigenvalue weighted by Crippen LogP contribution is -2.46. The fourth-order valence-corrected chi connectivity index (χ4v) is 3.41. The lowest BCUT2D eigenvalue weighted by Gasteiger charge is -2.35. The minimum absolute atomic E-state index is 0.142. The van der Waals surface area contributed by atoms with Crippen molar-refractivity contribution in [2.24, 2.45) is 0 Å². The van der Waals surface area contributed by atoms with Crippen LogP contribution in [0.4, 0.5) is 19.0 Å². The number of carboxylic acids is 1. The molecule has 168 valence electrons. The Morgan fingerprint density at radius 3 is 2.52 bits per heavy atom. The number of rotatable bonds is 3. The van der Waals surface area contributed by atoms with Gasteiger partial charge in [-0.1, -0.05) is 0 Å². The fourth-order valence-electron chi connectivity index (χ4n) is 3.41. The average Bonchev–Trinajstić information content (AvgIpc) is 3.44. The molecule has 1 atom stereocenters. The Balaban J connectivity index is 0.000000339. The molecule has 0 aliphatic carbocycles. The largest absolute Gasteiger partial charge is 0.490 e. The van der Waals surface area contributed by atoms with Gasteiger partial charge in [-0.25, -0.2) is 14.8 Å². The van der Waals surface area contributed by atoms with Crippen molar-refractivity contribution in [3.05, 3.63) is 30.4 Å². The van der Waals surface area contributed by atoms with Crippen molar-refractivity contribution < 1.29 is 32.6 Å². The molecule has 13 heteroatoms. The second-order valence-electron chi connectivity index (χ2n) is 6.92. The first-order chi connectivity index (χ1) is 14.7. The average molecular weight is 442 g/mol. The third-order valence-corrected chi connectivity index (χ3v) is 4.90. The highest BCUT2D eigenvalue weighted by Gasteiger charge is 2.38. The number of carboxylic acid groups (broad SMARTS) is 1.